The molecular weight excluding hydrogens is 318 g/mol. The number of carbonyl (C=O) groups is 1. The van der Waals surface area contributed by atoms with Crippen LogP contribution in [0.5, 0.6) is 0 Å². The Morgan fingerprint density at radius 1 is 1.30 bits per heavy atom. The number of nitrogens with zero attached hydrogens (tertiary/aromatic N) is 2. The standard InChI is InChI=1S/C15H15N3O4S/c19-14-11-4-1-2-5-12(11)15(22-14)6-3-7-18(9-15)23(20,21)13-8-16-10-17-13/h1-2,4-5,8,10H,3,6-7,9H2,(H,16,17). The molecule has 3 heterocycles. The number of hydrogen-bond donors (Lipinski definition) is 1. The third-order valence-electron chi connectivity index (χ3n) is 4.44. The van der Waals surface area contributed by atoms with Crippen molar-refractivity contribution >= 4 is 16.0 Å². The molecule has 1 fully saturated rings. The largest absolute Gasteiger partial charge is 0.449 e. The van der Waals surface area contributed by atoms with E-state index >= 15 is 0 Å². The van der Waals surface area contributed by atoms with E-state index < -0.39 is 15.6 Å². The normalized spacial score (nSPS) is 24.6. The molecule has 1 aromatic carbocycles. The Balaban J connectivity index is 1.73. The lowest BCUT2D eigenvalue weighted by Gasteiger charge is -2.38. The molecule has 0 bridgehead atoms. The van der Waals surface area contributed by atoms with Gasteiger partial charge in [0.1, 0.15) is 0 Å². The van der Waals surface area contributed by atoms with Crippen molar-refractivity contribution in [2.75, 3.05) is 13.1 Å². The highest BCUT2D eigenvalue weighted by Gasteiger charge is 2.50. The summed E-state index contributed by atoms with van der Waals surface area (Å²) >= 11 is 0. The fraction of sp³-hybridized carbons (Fsp3) is 0.333. The van der Waals surface area contributed by atoms with Gasteiger partial charge in [0.05, 0.1) is 24.6 Å². The molecule has 0 saturated carbocycles. The van der Waals surface area contributed by atoms with Crippen LogP contribution in [0.4, 0.5) is 0 Å². The number of ether oxygens (including phenoxy) is 1. The van der Waals surface area contributed by atoms with Crippen LogP contribution in [0.2, 0.25) is 0 Å². The molecule has 1 spiro atoms. The third-order valence-corrected chi connectivity index (χ3v) is 6.21. The SMILES string of the molecule is O=C1OC2(CCCN(S(=O)(=O)c3cnc[nH]3)C2)c2ccccc21. The summed E-state index contributed by atoms with van der Waals surface area (Å²) in [4.78, 5) is 18.5. The second-order valence-corrected chi connectivity index (χ2v) is 7.69. The van der Waals surface area contributed by atoms with Crippen LogP contribution < -0.4 is 0 Å². The van der Waals surface area contributed by atoms with Crippen molar-refractivity contribution in [1.29, 1.82) is 0 Å². The van der Waals surface area contributed by atoms with E-state index in [1.807, 2.05) is 12.1 Å². The maximum atomic E-state index is 12.7. The number of aromatic nitrogens is 2. The van der Waals surface area contributed by atoms with Crippen molar-refractivity contribution in [3.8, 4) is 0 Å². The molecule has 8 heteroatoms. The zero-order valence-electron chi connectivity index (χ0n) is 12.2. The Kier molecular flexibility index (Phi) is 3.07. The summed E-state index contributed by atoms with van der Waals surface area (Å²) < 4.78 is 32.4. The maximum Gasteiger partial charge on any atom is 0.339 e. The molecule has 4 rings (SSSR count). The van der Waals surface area contributed by atoms with Crippen LogP contribution >= 0.6 is 0 Å². The summed E-state index contributed by atoms with van der Waals surface area (Å²) in [5, 5.41) is 0.0483. The number of H-pyrrole nitrogens is 1. The number of nitrogens with one attached hydrogen (secondary N) is 1. The van der Waals surface area contributed by atoms with Crippen LogP contribution in [0, 0.1) is 0 Å². The number of benzene rings is 1. The van der Waals surface area contributed by atoms with Crippen molar-refractivity contribution in [3.63, 3.8) is 0 Å². The van der Waals surface area contributed by atoms with Gasteiger partial charge in [-0.05, 0) is 18.9 Å². The Hall–Kier alpha value is -2.19. The minimum atomic E-state index is -3.68. The Labute approximate surface area is 133 Å². The Morgan fingerprint density at radius 3 is 2.91 bits per heavy atom. The second kappa shape index (κ2) is 4.90. The van der Waals surface area contributed by atoms with Gasteiger partial charge in [-0.15, -0.1) is 0 Å². The van der Waals surface area contributed by atoms with Gasteiger partial charge in [0, 0.05) is 12.1 Å². The molecule has 0 radical (unpaired) electrons. The van der Waals surface area contributed by atoms with Crippen LogP contribution in [0.15, 0.2) is 41.8 Å². The molecule has 1 unspecified atom stereocenters. The highest BCUT2D eigenvalue weighted by molar-refractivity contribution is 7.89. The van der Waals surface area contributed by atoms with Crippen molar-refractivity contribution in [3.05, 3.63) is 47.9 Å². The van der Waals surface area contributed by atoms with Crippen LogP contribution in [0.1, 0.15) is 28.8 Å². The van der Waals surface area contributed by atoms with Crippen molar-refractivity contribution < 1.29 is 17.9 Å². The summed E-state index contributed by atoms with van der Waals surface area (Å²) in [7, 11) is -3.68. The number of piperidine rings is 1. The predicted octanol–water partition coefficient (Wildman–Crippen LogP) is 1.26. The molecule has 2 aliphatic heterocycles. The monoisotopic (exact) mass is 333 g/mol. The van der Waals surface area contributed by atoms with Crippen LogP contribution in [0.25, 0.3) is 0 Å². The number of carbonyl (C=O) groups excluding carboxylic acids is 1. The lowest BCUT2D eigenvalue weighted by molar-refractivity contribution is -0.0345. The van der Waals surface area contributed by atoms with Gasteiger partial charge in [0.15, 0.2) is 10.6 Å². The molecule has 120 valence electrons. The summed E-state index contributed by atoms with van der Waals surface area (Å²) in [6.07, 6.45) is 3.85. The van der Waals surface area contributed by atoms with Crippen LogP contribution in [-0.2, 0) is 20.4 Å². The first-order valence-electron chi connectivity index (χ1n) is 7.34. The molecule has 0 amide bonds. The fourth-order valence-electron chi connectivity index (χ4n) is 3.36. The molecular formula is C15H15N3O4S. The van der Waals surface area contributed by atoms with Gasteiger partial charge in [-0.2, -0.15) is 4.31 Å². The van der Waals surface area contributed by atoms with E-state index in [1.54, 1.807) is 12.1 Å². The lowest BCUT2D eigenvalue weighted by atomic mass is 9.86. The Morgan fingerprint density at radius 2 is 2.13 bits per heavy atom. The summed E-state index contributed by atoms with van der Waals surface area (Å²) in [6, 6.07) is 7.17. The molecule has 0 aliphatic carbocycles. The maximum absolute atomic E-state index is 12.7. The zero-order chi connectivity index (χ0) is 16.1. The van der Waals surface area contributed by atoms with Crippen LogP contribution in [-0.4, -0.2) is 41.7 Å². The molecule has 1 saturated heterocycles. The van der Waals surface area contributed by atoms with Crippen LogP contribution in [0.3, 0.4) is 0 Å². The van der Waals surface area contributed by atoms with Gasteiger partial charge in [0.25, 0.3) is 10.0 Å². The third kappa shape index (κ3) is 2.09. The molecule has 2 aliphatic rings. The van der Waals surface area contributed by atoms with Crippen molar-refractivity contribution in [2.24, 2.45) is 0 Å². The first-order chi connectivity index (χ1) is 11.0. The average Bonchev–Trinajstić information content (AvgIpc) is 3.17. The topological polar surface area (TPSA) is 92.4 Å². The second-order valence-electron chi connectivity index (χ2n) is 5.79. The first-order valence-corrected chi connectivity index (χ1v) is 8.78. The molecule has 1 aromatic heterocycles. The van der Waals surface area contributed by atoms with E-state index in [-0.39, 0.29) is 17.5 Å². The van der Waals surface area contributed by atoms with E-state index in [1.165, 1.54) is 16.8 Å². The van der Waals surface area contributed by atoms with Gasteiger partial charge in [-0.1, -0.05) is 18.2 Å². The van der Waals surface area contributed by atoms with Gasteiger partial charge >= 0.3 is 5.97 Å². The number of sulfonamides is 1. The highest BCUT2D eigenvalue weighted by atomic mass is 32.2. The number of rotatable bonds is 2. The number of esters is 1. The molecule has 23 heavy (non-hydrogen) atoms. The van der Waals surface area contributed by atoms with Crippen molar-refractivity contribution in [2.45, 2.75) is 23.5 Å². The number of aromatic amines is 1. The van der Waals surface area contributed by atoms with E-state index in [0.717, 1.165) is 5.56 Å². The molecule has 1 atom stereocenters. The average molecular weight is 333 g/mol. The van der Waals surface area contributed by atoms with Gasteiger partial charge in [-0.25, -0.2) is 18.2 Å². The van der Waals surface area contributed by atoms with Gasteiger partial charge in [-0.3, -0.25) is 0 Å². The summed E-state index contributed by atoms with van der Waals surface area (Å²) in [6.45, 7) is 0.514. The lowest BCUT2D eigenvalue weighted by Crippen LogP contribution is -2.48. The molecule has 7 nitrogen and oxygen atoms in total. The van der Waals surface area contributed by atoms with Crippen molar-refractivity contribution in [1.82, 2.24) is 14.3 Å². The van der Waals surface area contributed by atoms with Gasteiger partial charge in [0.2, 0.25) is 0 Å². The predicted molar refractivity (Wildman–Crippen MR) is 80.1 cm³/mol. The molecule has 1 N–H and O–H groups in total. The van der Waals surface area contributed by atoms with Gasteiger partial charge < -0.3 is 9.72 Å². The fourth-order valence-corrected chi connectivity index (χ4v) is 4.78. The highest BCUT2D eigenvalue weighted by Crippen LogP contribution is 2.43. The quantitative estimate of drug-likeness (QED) is 0.835. The minimum Gasteiger partial charge on any atom is -0.449 e. The number of fused-ring (bicyclic) bond motifs is 2. The Bertz CT molecular complexity index is 863. The number of imidazole rings is 1. The van der Waals surface area contributed by atoms with E-state index in [9.17, 15) is 13.2 Å². The number of hydrogen-bond acceptors (Lipinski definition) is 5. The first kappa shape index (κ1) is 14.4. The minimum absolute atomic E-state index is 0.0483. The van der Waals surface area contributed by atoms with E-state index in [0.29, 0.717) is 24.9 Å². The smallest absolute Gasteiger partial charge is 0.339 e. The zero-order valence-corrected chi connectivity index (χ0v) is 13.0. The van der Waals surface area contributed by atoms with E-state index in [2.05, 4.69) is 9.97 Å². The summed E-state index contributed by atoms with van der Waals surface area (Å²) in [5.74, 6) is -0.388. The van der Waals surface area contributed by atoms with E-state index in [4.69, 9.17) is 4.74 Å². The summed E-state index contributed by atoms with van der Waals surface area (Å²) in [5.41, 5.74) is 0.404. The molecule has 2 aromatic rings.